The standard InChI is InChI=1S/C18H31NO8P2/c1-14(2)13-16-7-9-17(10-8-16)19(15(3)20)12-6-4-5-11-18(21,28(22,23)24)29(25,26)27/h7-10,14,21H,4-6,11-13H2,1-3H3,(H2,22,23,24)(H2,25,26,27). The van der Waals surface area contributed by atoms with E-state index < -0.39 is 26.7 Å². The molecule has 11 heteroatoms. The van der Waals surface area contributed by atoms with E-state index in [9.17, 15) is 19.0 Å². The molecule has 0 unspecified atom stereocenters. The third kappa shape index (κ3) is 7.30. The van der Waals surface area contributed by atoms with Gasteiger partial charge in [-0.2, -0.15) is 0 Å². The van der Waals surface area contributed by atoms with Gasteiger partial charge in [-0.3, -0.25) is 13.9 Å². The molecule has 0 aliphatic heterocycles. The minimum atomic E-state index is -5.43. The van der Waals surface area contributed by atoms with E-state index in [1.807, 2.05) is 24.3 Å². The first kappa shape index (κ1) is 26.0. The smallest absolute Gasteiger partial charge is 0.368 e. The lowest BCUT2D eigenvalue weighted by Gasteiger charge is -2.29. The van der Waals surface area contributed by atoms with Gasteiger partial charge in [0, 0.05) is 19.2 Å². The molecule has 0 saturated heterocycles. The fourth-order valence-electron chi connectivity index (χ4n) is 3.02. The van der Waals surface area contributed by atoms with E-state index >= 15 is 0 Å². The fourth-order valence-corrected chi connectivity index (χ4v) is 5.28. The van der Waals surface area contributed by atoms with Crippen molar-refractivity contribution in [3.05, 3.63) is 29.8 Å². The Labute approximate surface area is 171 Å². The Morgan fingerprint density at radius 2 is 1.52 bits per heavy atom. The van der Waals surface area contributed by atoms with Crippen LogP contribution in [0.25, 0.3) is 0 Å². The first-order valence-electron chi connectivity index (χ1n) is 9.39. The molecule has 0 spiro atoms. The van der Waals surface area contributed by atoms with E-state index in [1.54, 1.807) is 4.90 Å². The van der Waals surface area contributed by atoms with Gasteiger partial charge in [-0.15, -0.1) is 0 Å². The Bertz CT molecular complexity index is 747. The summed E-state index contributed by atoms with van der Waals surface area (Å²) in [6.07, 6.45) is 0.920. The molecule has 1 aromatic carbocycles. The van der Waals surface area contributed by atoms with Crippen LogP contribution in [0.15, 0.2) is 24.3 Å². The van der Waals surface area contributed by atoms with Gasteiger partial charge in [-0.1, -0.05) is 32.4 Å². The zero-order valence-corrected chi connectivity index (χ0v) is 18.7. The number of amides is 1. The molecule has 5 N–H and O–H groups in total. The zero-order chi connectivity index (χ0) is 22.5. The molecule has 0 saturated carbocycles. The van der Waals surface area contributed by atoms with Gasteiger partial charge in [0.15, 0.2) is 0 Å². The highest BCUT2D eigenvalue weighted by molar-refractivity contribution is 7.72. The number of carbonyl (C=O) groups is 1. The lowest BCUT2D eigenvalue weighted by Crippen LogP contribution is -2.30. The van der Waals surface area contributed by atoms with Crippen molar-refractivity contribution in [3.8, 4) is 0 Å². The van der Waals surface area contributed by atoms with E-state index in [-0.39, 0.29) is 12.3 Å². The van der Waals surface area contributed by atoms with Gasteiger partial charge < -0.3 is 29.6 Å². The maximum absolute atomic E-state index is 12.0. The number of anilines is 1. The molecule has 0 bridgehead atoms. The molecule has 29 heavy (non-hydrogen) atoms. The molecular formula is C18H31NO8P2. The lowest BCUT2D eigenvalue weighted by atomic mass is 10.0. The van der Waals surface area contributed by atoms with Gasteiger partial charge in [-0.05, 0) is 49.3 Å². The Morgan fingerprint density at radius 3 is 1.93 bits per heavy atom. The number of benzene rings is 1. The summed E-state index contributed by atoms with van der Waals surface area (Å²) in [5, 5.41) is 6.47. The molecule has 1 aromatic rings. The number of carbonyl (C=O) groups excluding carboxylic acids is 1. The second-order valence-corrected chi connectivity index (χ2v) is 11.6. The molecule has 166 valence electrons. The van der Waals surface area contributed by atoms with Crippen LogP contribution < -0.4 is 4.90 Å². The second-order valence-electron chi connectivity index (χ2n) is 7.61. The Morgan fingerprint density at radius 1 is 1.00 bits per heavy atom. The van der Waals surface area contributed by atoms with Gasteiger partial charge in [0.25, 0.3) is 5.08 Å². The number of hydrogen-bond donors (Lipinski definition) is 5. The predicted octanol–water partition coefficient (Wildman–Crippen LogP) is 2.80. The van der Waals surface area contributed by atoms with Crippen molar-refractivity contribution in [2.75, 3.05) is 11.4 Å². The van der Waals surface area contributed by atoms with Gasteiger partial charge in [0.05, 0.1) is 0 Å². The number of aliphatic hydroxyl groups is 1. The summed E-state index contributed by atoms with van der Waals surface area (Å²) >= 11 is 0. The minimum Gasteiger partial charge on any atom is -0.368 e. The van der Waals surface area contributed by atoms with Gasteiger partial charge in [-0.25, -0.2) is 0 Å². The molecule has 0 aliphatic rings. The fraction of sp³-hybridized carbons (Fsp3) is 0.611. The minimum absolute atomic E-state index is 0.0220. The van der Waals surface area contributed by atoms with Crippen molar-refractivity contribution < 1.29 is 38.6 Å². The summed E-state index contributed by atoms with van der Waals surface area (Å²) in [7, 11) is -10.9. The molecule has 0 fully saturated rings. The lowest BCUT2D eigenvalue weighted by molar-refractivity contribution is -0.116. The molecule has 0 aromatic heterocycles. The Balaban J connectivity index is 2.67. The quantitative estimate of drug-likeness (QED) is 0.254. The van der Waals surface area contributed by atoms with Gasteiger partial charge in [0.2, 0.25) is 5.91 Å². The van der Waals surface area contributed by atoms with E-state index in [1.165, 1.54) is 12.5 Å². The Hall–Kier alpha value is -1.05. The topological polar surface area (TPSA) is 156 Å². The van der Waals surface area contributed by atoms with Crippen LogP contribution in [-0.4, -0.2) is 42.2 Å². The molecular weight excluding hydrogens is 420 g/mol. The van der Waals surface area contributed by atoms with Crippen molar-refractivity contribution in [1.82, 2.24) is 0 Å². The summed E-state index contributed by atoms with van der Waals surface area (Å²) in [5.41, 5.74) is 1.90. The molecule has 0 atom stereocenters. The summed E-state index contributed by atoms with van der Waals surface area (Å²) in [5.74, 6) is 0.355. The molecule has 1 rings (SSSR count). The SMILES string of the molecule is CC(=O)N(CCCCCC(O)(P(=O)(O)O)P(=O)(O)O)c1ccc(CC(C)C)cc1. The maximum atomic E-state index is 12.0. The van der Waals surface area contributed by atoms with E-state index in [2.05, 4.69) is 13.8 Å². The van der Waals surface area contributed by atoms with Crippen LogP contribution in [0.2, 0.25) is 0 Å². The number of unbranched alkanes of at least 4 members (excludes halogenated alkanes) is 2. The van der Waals surface area contributed by atoms with Crippen LogP contribution in [0, 0.1) is 5.92 Å². The van der Waals surface area contributed by atoms with Crippen molar-refractivity contribution in [2.24, 2.45) is 5.92 Å². The highest BCUT2D eigenvalue weighted by Gasteiger charge is 2.58. The van der Waals surface area contributed by atoms with E-state index in [4.69, 9.17) is 19.6 Å². The van der Waals surface area contributed by atoms with Crippen molar-refractivity contribution in [2.45, 2.75) is 58.0 Å². The highest BCUT2D eigenvalue weighted by Crippen LogP contribution is 2.69. The second kappa shape index (κ2) is 10.3. The largest absolute Gasteiger partial charge is 0.369 e. The monoisotopic (exact) mass is 451 g/mol. The van der Waals surface area contributed by atoms with E-state index in [0.717, 1.165) is 12.1 Å². The van der Waals surface area contributed by atoms with Crippen LogP contribution in [0.4, 0.5) is 5.69 Å². The van der Waals surface area contributed by atoms with Crippen LogP contribution in [0.5, 0.6) is 0 Å². The summed E-state index contributed by atoms with van der Waals surface area (Å²) in [4.78, 5) is 50.1. The van der Waals surface area contributed by atoms with E-state index in [0.29, 0.717) is 25.3 Å². The average Bonchev–Trinajstić information content (AvgIpc) is 2.56. The predicted molar refractivity (Wildman–Crippen MR) is 111 cm³/mol. The number of hydrogen-bond acceptors (Lipinski definition) is 4. The third-order valence-corrected chi connectivity index (χ3v) is 8.48. The normalized spacial score (nSPS) is 13.0. The van der Waals surface area contributed by atoms with Crippen molar-refractivity contribution in [3.63, 3.8) is 0 Å². The molecule has 0 radical (unpaired) electrons. The third-order valence-electron chi connectivity index (χ3n) is 4.60. The molecule has 0 heterocycles. The number of nitrogens with zero attached hydrogens (tertiary/aromatic N) is 1. The van der Waals surface area contributed by atoms with Gasteiger partial charge >= 0.3 is 15.2 Å². The zero-order valence-electron chi connectivity index (χ0n) is 16.9. The molecule has 9 nitrogen and oxygen atoms in total. The first-order valence-corrected chi connectivity index (χ1v) is 12.6. The van der Waals surface area contributed by atoms with Crippen LogP contribution in [0.1, 0.15) is 52.0 Å². The summed E-state index contributed by atoms with van der Waals surface area (Å²) in [6, 6.07) is 7.65. The maximum Gasteiger partial charge on any atom is 0.369 e. The Kier molecular flexibility index (Phi) is 9.24. The van der Waals surface area contributed by atoms with Crippen LogP contribution in [-0.2, 0) is 20.3 Å². The highest BCUT2D eigenvalue weighted by atomic mass is 31.2. The first-order chi connectivity index (χ1) is 13.2. The van der Waals surface area contributed by atoms with Gasteiger partial charge in [0.1, 0.15) is 0 Å². The molecule has 1 amide bonds. The van der Waals surface area contributed by atoms with Crippen LogP contribution >= 0.6 is 15.2 Å². The average molecular weight is 451 g/mol. The summed E-state index contributed by atoms with van der Waals surface area (Å²) in [6.45, 7) is 6.01. The number of rotatable bonds is 11. The summed E-state index contributed by atoms with van der Waals surface area (Å²) < 4.78 is 22.7. The van der Waals surface area contributed by atoms with Crippen molar-refractivity contribution >= 4 is 26.8 Å². The van der Waals surface area contributed by atoms with Crippen molar-refractivity contribution in [1.29, 1.82) is 0 Å². The molecule has 0 aliphatic carbocycles. The van der Waals surface area contributed by atoms with Crippen LogP contribution in [0.3, 0.4) is 0 Å².